The summed E-state index contributed by atoms with van der Waals surface area (Å²) >= 11 is 0. The van der Waals surface area contributed by atoms with Crippen molar-refractivity contribution in [3.63, 3.8) is 0 Å². The van der Waals surface area contributed by atoms with E-state index >= 15 is 0 Å². The van der Waals surface area contributed by atoms with Crippen LogP contribution in [0.4, 0.5) is 0 Å². The Bertz CT molecular complexity index is 578. The van der Waals surface area contributed by atoms with Crippen molar-refractivity contribution < 1.29 is 34.2 Å². The first-order chi connectivity index (χ1) is 17.8. The molecule has 0 saturated heterocycles. The Morgan fingerprint density at radius 2 is 0.784 bits per heavy atom. The van der Waals surface area contributed by atoms with Gasteiger partial charge in [0.25, 0.3) is 0 Å². The number of allylic oxidation sites excluding steroid dienone is 2. The molecule has 0 bridgehead atoms. The molecule has 0 radical (unpaired) electrons. The summed E-state index contributed by atoms with van der Waals surface area (Å²) in [6, 6.07) is 0. The highest BCUT2D eigenvalue weighted by Crippen LogP contribution is 2.16. The molecule has 0 rings (SSSR count). The van der Waals surface area contributed by atoms with Crippen molar-refractivity contribution >= 4 is 17.9 Å². The molecule has 0 aromatic rings. The molecular weight excluding hydrogens is 470 g/mol. The Morgan fingerprint density at radius 3 is 1.11 bits per heavy atom. The Morgan fingerprint density at radius 1 is 0.486 bits per heavy atom. The fraction of sp³-hybridized carbons (Fsp3) is 0.833. The average Bonchev–Trinajstić information content (AvgIpc) is 2.81. The molecule has 0 aliphatic rings. The SMILES string of the molecule is CCC/C=C/CCCCCCCCCCCCCCCCCCC[N+](CC(=O)O)(CC(=O)O)CC(=O)O. The maximum Gasteiger partial charge on any atom is 0.359 e. The first-order valence-electron chi connectivity index (χ1n) is 15.0. The number of rotatable bonds is 28. The molecule has 0 unspecified atom stereocenters. The maximum atomic E-state index is 11.2. The van der Waals surface area contributed by atoms with Gasteiger partial charge >= 0.3 is 17.9 Å². The number of unbranched alkanes of at least 4 members (excludes halogenated alkanes) is 18. The van der Waals surface area contributed by atoms with Gasteiger partial charge in [0.05, 0.1) is 6.54 Å². The molecule has 0 aromatic carbocycles. The van der Waals surface area contributed by atoms with Crippen LogP contribution in [0.25, 0.3) is 0 Å². The molecule has 0 aromatic heterocycles. The number of carboxylic acid groups (broad SMARTS) is 3. The van der Waals surface area contributed by atoms with Crippen molar-refractivity contribution in [3.8, 4) is 0 Å². The predicted molar refractivity (Wildman–Crippen MR) is 150 cm³/mol. The van der Waals surface area contributed by atoms with Crippen molar-refractivity contribution in [1.29, 1.82) is 0 Å². The summed E-state index contributed by atoms with van der Waals surface area (Å²) in [5.41, 5.74) is 0. The molecule has 0 aliphatic carbocycles. The minimum atomic E-state index is -1.17. The van der Waals surface area contributed by atoms with Gasteiger partial charge in [0.1, 0.15) is 0 Å². The van der Waals surface area contributed by atoms with Gasteiger partial charge in [0.15, 0.2) is 19.6 Å². The van der Waals surface area contributed by atoms with Gasteiger partial charge in [-0.15, -0.1) is 0 Å². The summed E-state index contributed by atoms with van der Waals surface area (Å²) in [5.74, 6) is -3.50. The van der Waals surface area contributed by atoms with Crippen molar-refractivity contribution in [3.05, 3.63) is 12.2 Å². The Hall–Kier alpha value is -1.89. The second-order valence-electron chi connectivity index (χ2n) is 10.8. The fourth-order valence-electron chi connectivity index (χ4n) is 5.03. The summed E-state index contributed by atoms with van der Waals surface area (Å²) in [7, 11) is 0. The third kappa shape index (κ3) is 24.2. The summed E-state index contributed by atoms with van der Waals surface area (Å²) in [6.45, 7) is 1.06. The van der Waals surface area contributed by atoms with Crippen LogP contribution in [-0.2, 0) is 14.4 Å². The van der Waals surface area contributed by atoms with Crippen LogP contribution in [-0.4, -0.2) is 63.9 Å². The van der Waals surface area contributed by atoms with Crippen LogP contribution in [0.5, 0.6) is 0 Å². The third-order valence-electron chi connectivity index (χ3n) is 7.04. The Labute approximate surface area is 225 Å². The number of quaternary nitrogens is 1. The largest absolute Gasteiger partial charge is 0.477 e. The van der Waals surface area contributed by atoms with Gasteiger partial charge in [-0.05, 0) is 32.1 Å². The molecule has 0 amide bonds. The lowest BCUT2D eigenvalue weighted by Gasteiger charge is -2.34. The second kappa shape index (κ2) is 24.4. The smallest absolute Gasteiger partial charge is 0.359 e. The normalized spacial score (nSPS) is 11.8. The van der Waals surface area contributed by atoms with E-state index in [1.54, 1.807) is 0 Å². The van der Waals surface area contributed by atoms with Crippen molar-refractivity contribution in [2.75, 3.05) is 26.2 Å². The van der Waals surface area contributed by atoms with E-state index in [1.165, 1.54) is 103 Å². The molecule has 0 atom stereocenters. The number of nitrogens with zero attached hydrogens (tertiary/aromatic N) is 1. The monoisotopic (exact) mass is 526 g/mol. The molecule has 7 heteroatoms. The number of carbonyl (C=O) groups is 3. The van der Waals surface area contributed by atoms with E-state index in [-0.39, 0.29) is 6.54 Å². The lowest BCUT2D eigenvalue weighted by molar-refractivity contribution is -0.907. The third-order valence-corrected chi connectivity index (χ3v) is 7.04. The minimum absolute atomic E-state index is 0.265. The fourth-order valence-corrected chi connectivity index (χ4v) is 5.03. The van der Waals surface area contributed by atoms with Gasteiger partial charge < -0.3 is 15.3 Å². The maximum absolute atomic E-state index is 11.2. The van der Waals surface area contributed by atoms with Crippen molar-refractivity contribution in [1.82, 2.24) is 0 Å². The van der Waals surface area contributed by atoms with E-state index in [1.807, 2.05) is 0 Å². The lowest BCUT2D eigenvalue weighted by Crippen LogP contribution is -2.57. The van der Waals surface area contributed by atoms with Gasteiger partial charge in [-0.1, -0.05) is 115 Å². The zero-order valence-electron chi connectivity index (χ0n) is 23.6. The topological polar surface area (TPSA) is 112 Å². The van der Waals surface area contributed by atoms with Crippen LogP contribution < -0.4 is 0 Å². The molecule has 3 N–H and O–H groups in total. The summed E-state index contributed by atoms with van der Waals surface area (Å²) in [5, 5.41) is 27.4. The average molecular weight is 527 g/mol. The van der Waals surface area contributed by atoms with E-state index in [2.05, 4.69) is 19.1 Å². The highest BCUT2D eigenvalue weighted by molar-refractivity contribution is 5.73. The highest BCUT2D eigenvalue weighted by Gasteiger charge is 2.35. The standard InChI is InChI=1S/C30H55NO6/c1-2-3-4-5-6-7-8-9-10-11-12-13-14-15-16-17-18-19-20-21-22-23-24-31(25-28(32)33,26-29(34)35)27-30(36)37/h4-5H,2-3,6-27H2,1H3,(H2-,32,33,34,35,36,37)/p+1/b5-4+. The van der Waals surface area contributed by atoms with E-state index in [0.717, 1.165) is 19.3 Å². The van der Waals surface area contributed by atoms with Crippen LogP contribution >= 0.6 is 0 Å². The lowest BCUT2D eigenvalue weighted by atomic mass is 10.0. The molecule has 0 saturated carbocycles. The van der Waals surface area contributed by atoms with E-state index < -0.39 is 42.0 Å². The molecule has 37 heavy (non-hydrogen) atoms. The first kappa shape index (κ1) is 35.1. The van der Waals surface area contributed by atoms with E-state index in [0.29, 0.717) is 6.42 Å². The molecule has 0 spiro atoms. The quantitative estimate of drug-likeness (QED) is 0.0555. The number of aliphatic carboxylic acids is 3. The van der Waals surface area contributed by atoms with Gasteiger partial charge in [-0.3, -0.25) is 4.48 Å². The van der Waals surface area contributed by atoms with Gasteiger partial charge in [-0.2, -0.15) is 0 Å². The summed E-state index contributed by atoms with van der Waals surface area (Å²) in [6.07, 6.45) is 29.3. The van der Waals surface area contributed by atoms with Crippen LogP contribution in [0.15, 0.2) is 12.2 Å². The van der Waals surface area contributed by atoms with Gasteiger partial charge in [0, 0.05) is 0 Å². The molecule has 0 fully saturated rings. The molecule has 0 heterocycles. The van der Waals surface area contributed by atoms with Crippen LogP contribution in [0.1, 0.15) is 135 Å². The molecule has 0 aliphatic heterocycles. The number of carboxylic acids is 3. The summed E-state index contributed by atoms with van der Waals surface area (Å²) in [4.78, 5) is 33.6. The first-order valence-corrected chi connectivity index (χ1v) is 15.0. The Balaban J connectivity index is 3.62. The van der Waals surface area contributed by atoms with E-state index in [4.69, 9.17) is 15.3 Å². The predicted octanol–water partition coefficient (Wildman–Crippen LogP) is 7.44. The van der Waals surface area contributed by atoms with Gasteiger partial charge in [0.2, 0.25) is 0 Å². The zero-order chi connectivity index (χ0) is 27.6. The van der Waals surface area contributed by atoms with Crippen LogP contribution in [0.2, 0.25) is 0 Å². The second-order valence-corrected chi connectivity index (χ2v) is 10.8. The van der Waals surface area contributed by atoms with E-state index in [9.17, 15) is 14.4 Å². The minimum Gasteiger partial charge on any atom is -0.477 e. The van der Waals surface area contributed by atoms with Crippen molar-refractivity contribution in [2.45, 2.75) is 135 Å². The Kier molecular flexibility index (Phi) is 23.2. The molecule has 7 nitrogen and oxygen atoms in total. The zero-order valence-corrected chi connectivity index (χ0v) is 23.6. The summed E-state index contributed by atoms with van der Waals surface area (Å²) < 4.78 is -0.434. The van der Waals surface area contributed by atoms with Gasteiger partial charge in [-0.25, -0.2) is 14.4 Å². The van der Waals surface area contributed by atoms with Crippen LogP contribution in [0, 0.1) is 0 Å². The molecular formula is C30H56NO6+. The number of hydrogen-bond donors (Lipinski definition) is 3. The molecule has 216 valence electrons. The van der Waals surface area contributed by atoms with Crippen molar-refractivity contribution in [2.24, 2.45) is 0 Å². The number of hydrogen-bond acceptors (Lipinski definition) is 3. The highest BCUT2D eigenvalue weighted by atomic mass is 16.4. The van der Waals surface area contributed by atoms with Crippen LogP contribution in [0.3, 0.4) is 0 Å².